The van der Waals surface area contributed by atoms with Gasteiger partial charge >= 0.3 is 0 Å². The minimum absolute atomic E-state index is 0.0836. The van der Waals surface area contributed by atoms with Crippen molar-refractivity contribution in [3.05, 3.63) is 5.82 Å². The van der Waals surface area contributed by atoms with Crippen molar-refractivity contribution in [2.75, 3.05) is 5.32 Å². The van der Waals surface area contributed by atoms with Crippen LogP contribution in [0.4, 0.5) is 5.95 Å². The standard InChI is InChI=1S/C14H26N4O2/c1-5-7-14(20,8-6-2)9-11(19)15-13-16-12(10(3)4)17-18-13/h10,20H,5-9H2,1-4H3,(H2,15,16,17,18,19). The van der Waals surface area contributed by atoms with Gasteiger partial charge in [0, 0.05) is 5.92 Å². The Morgan fingerprint density at radius 3 is 2.40 bits per heavy atom. The zero-order chi connectivity index (χ0) is 15.2. The van der Waals surface area contributed by atoms with E-state index in [4.69, 9.17) is 0 Å². The quantitative estimate of drug-likeness (QED) is 0.683. The van der Waals surface area contributed by atoms with E-state index in [1.165, 1.54) is 0 Å². The molecule has 6 nitrogen and oxygen atoms in total. The molecule has 3 N–H and O–H groups in total. The summed E-state index contributed by atoms with van der Waals surface area (Å²) >= 11 is 0. The SMILES string of the molecule is CCCC(O)(CCC)CC(=O)Nc1n[nH]c(C(C)C)n1. The highest BCUT2D eigenvalue weighted by Crippen LogP contribution is 2.24. The number of hydrogen-bond donors (Lipinski definition) is 3. The van der Waals surface area contributed by atoms with Gasteiger partial charge in [-0.15, -0.1) is 5.10 Å². The number of aromatic nitrogens is 3. The van der Waals surface area contributed by atoms with Crippen LogP contribution in [0.1, 0.15) is 71.5 Å². The van der Waals surface area contributed by atoms with Crippen molar-refractivity contribution in [2.45, 2.75) is 71.3 Å². The fraction of sp³-hybridized carbons (Fsp3) is 0.786. The summed E-state index contributed by atoms with van der Waals surface area (Å²) in [5.41, 5.74) is -0.926. The van der Waals surface area contributed by atoms with E-state index in [1.54, 1.807) is 0 Å². The van der Waals surface area contributed by atoms with Crippen LogP contribution in [0.25, 0.3) is 0 Å². The number of aliphatic hydroxyl groups is 1. The molecule has 1 amide bonds. The van der Waals surface area contributed by atoms with Crippen LogP contribution in [-0.2, 0) is 4.79 Å². The van der Waals surface area contributed by atoms with E-state index in [0.717, 1.165) is 18.7 Å². The maximum Gasteiger partial charge on any atom is 0.248 e. The van der Waals surface area contributed by atoms with Gasteiger partial charge in [0.2, 0.25) is 11.9 Å². The first-order chi connectivity index (χ1) is 9.40. The van der Waals surface area contributed by atoms with E-state index in [0.29, 0.717) is 12.8 Å². The molecule has 0 fully saturated rings. The first-order valence-corrected chi connectivity index (χ1v) is 7.34. The monoisotopic (exact) mass is 282 g/mol. The third kappa shape index (κ3) is 4.92. The summed E-state index contributed by atoms with van der Waals surface area (Å²) in [5.74, 6) is 0.987. The van der Waals surface area contributed by atoms with Crippen LogP contribution in [-0.4, -0.2) is 31.8 Å². The highest BCUT2D eigenvalue weighted by atomic mass is 16.3. The highest BCUT2D eigenvalue weighted by Gasteiger charge is 2.28. The summed E-state index contributed by atoms with van der Waals surface area (Å²) in [5, 5.41) is 19.8. The summed E-state index contributed by atoms with van der Waals surface area (Å²) in [7, 11) is 0. The molecule has 1 aromatic heterocycles. The second kappa shape index (κ2) is 7.38. The highest BCUT2D eigenvalue weighted by molar-refractivity contribution is 5.89. The van der Waals surface area contributed by atoms with Crippen molar-refractivity contribution in [1.82, 2.24) is 15.2 Å². The van der Waals surface area contributed by atoms with Crippen LogP contribution in [0.5, 0.6) is 0 Å². The molecule has 0 spiro atoms. The van der Waals surface area contributed by atoms with Gasteiger partial charge in [-0.1, -0.05) is 40.5 Å². The van der Waals surface area contributed by atoms with Gasteiger partial charge in [0.25, 0.3) is 0 Å². The molecule has 0 aliphatic carbocycles. The van der Waals surface area contributed by atoms with Crippen LogP contribution in [0.3, 0.4) is 0 Å². The zero-order valence-corrected chi connectivity index (χ0v) is 12.9. The lowest BCUT2D eigenvalue weighted by Gasteiger charge is -2.26. The van der Waals surface area contributed by atoms with E-state index in [9.17, 15) is 9.90 Å². The summed E-state index contributed by atoms with van der Waals surface area (Å²) in [6.07, 6.45) is 3.03. The first-order valence-electron chi connectivity index (χ1n) is 7.34. The van der Waals surface area contributed by atoms with E-state index < -0.39 is 5.60 Å². The first kappa shape index (κ1) is 16.6. The fourth-order valence-electron chi connectivity index (χ4n) is 2.29. The van der Waals surface area contributed by atoms with Gasteiger partial charge in [-0.25, -0.2) is 0 Å². The van der Waals surface area contributed by atoms with Gasteiger partial charge in [0.05, 0.1) is 12.0 Å². The van der Waals surface area contributed by atoms with Crippen molar-refractivity contribution in [3.63, 3.8) is 0 Å². The van der Waals surface area contributed by atoms with E-state index >= 15 is 0 Å². The number of aromatic amines is 1. The molecule has 1 heterocycles. The lowest BCUT2D eigenvalue weighted by atomic mass is 9.89. The summed E-state index contributed by atoms with van der Waals surface area (Å²) in [4.78, 5) is 16.2. The van der Waals surface area contributed by atoms with Crippen LogP contribution in [0.15, 0.2) is 0 Å². The second-order valence-electron chi connectivity index (χ2n) is 5.65. The number of carbonyl (C=O) groups is 1. The van der Waals surface area contributed by atoms with Crippen molar-refractivity contribution in [3.8, 4) is 0 Å². The Kier molecular flexibility index (Phi) is 6.13. The molecule has 0 radical (unpaired) electrons. The average Bonchev–Trinajstić information content (AvgIpc) is 2.77. The number of hydrogen-bond acceptors (Lipinski definition) is 4. The third-order valence-electron chi connectivity index (χ3n) is 3.22. The smallest absolute Gasteiger partial charge is 0.248 e. The summed E-state index contributed by atoms with van der Waals surface area (Å²) in [6, 6.07) is 0. The van der Waals surface area contributed by atoms with Crippen LogP contribution in [0, 0.1) is 0 Å². The predicted octanol–water partition coefficient (Wildman–Crippen LogP) is 2.59. The molecule has 0 atom stereocenters. The Labute approximate surface area is 120 Å². The van der Waals surface area contributed by atoms with Gasteiger partial charge in [-0.2, -0.15) is 4.98 Å². The molecule has 6 heteroatoms. The molecular weight excluding hydrogens is 256 g/mol. The van der Waals surface area contributed by atoms with Gasteiger partial charge < -0.3 is 5.11 Å². The lowest BCUT2D eigenvalue weighted by molar-refractivity contribution is -0.121. The predicted molar refractivity (Wildman–Crippen MR) is 78.5 cm³/mol. The number of nitrogens with one attached hydrogen (secondary N) is 2. The largest absolute Gasteiger partial charge is 0.389 e. The Morgan fingerprint density at radius 1 is 1.35 bits per heavy atom. The number of H-pyrrole nitrogens is 1. The number of rotatable bonds is 8. The van der Waals surface area contributed by atoms with Crippen molar-refractivity contribution < 1.29 is 9.90 Å². The molecule has 20 heavy (non-hydrogen) atoms. The Balaban J connectivity index is 2.60. The molecule has 0 aliphatic rings. The second-order valence-corrected chi connectivity index (χ2v) is 5.65. The minimum Gasteiger partial charge on any atom is -0.389 e. The molecule has 1 rings (SSSR count). The van der Waals surface area contributed by atoms with Gasteiger partial charge in [-0.05, 0) is 12.8 Å². The Morgan fingerprint density at radius 2 is 1.95 bits per heavy atom. The molecule has 0 saturated heterocycles. The van der Waals surface area contributed by atoms with Crippen LogP contribution >= 0.6 is 0 Å². The van der Waals surface area contributed by atoms with E-state index in [-0.39, 0.29) is 24.2 Å². The number of amides is 1. The Bertz CT molecular complexity index is 423. The minimum atomic E-state index is -0.926. The van der Waals surface area contributed by atoms with E-state index in [2.05, 4.69) is 20.5 Å². The molecule has 0 bridgehead atoms. The van der Waals surface area contributed by atoms with E-state index in [1.807, 2.05) is 27.7 Å². The molecular formula is C14H26N4O2. The Hall–Kier alpha value is -1.43. The van der Waals surface area contributed by atoms with Gasteiger partial charge in [0.15, 0.2) is 0 Å². The molecule has 0 aromatic carbocycles. The number of carbonyl (C=O) groups excluding carboxylic acids is 1. The molecule has 0 saturated carbocycles. The van der Waals surface area contributed by atoms with Crippen molar-refractivity contribution >= 4 is 11.9 Å². The number of anilines is 1. The molecule has 1 aromatic rings. The van der Waals surface area contributed by atoms with Crippen LogP contribution < -0.4 is 5.32 Å². The summed E-state index contributed by atoms with van der Waals surface area (Å²) in [6.45, 7) is 7.99. The van der Waals surface area contributed by atoms with Crippen molar-refractivity contribution in [1.29, 1.82) is 0 Å². The zero-order valence-electron chi connectivity index (χ0n) is 12.9. The van der Waals surface area contributed by atoms with Crippen LogP contribution in [0.2, 0.25) is 0 Å². The molecule has 114 valence electrons. The fourth-order valence-corrected chi connectivity index (χ4v) is 2.29. The lowest BCUT2D eigenvalue weighted by Crippen LogP contribution is -2.34. The van der Waals surface area contributed by atoms with Crippen molar-refractivity contribution in [2.24, 2.45) is 0 Å². The number of nitrogens with zero attached hydrogens (tertiary/aromatic N) is 2. The molecule has 0 unspecified atom stereocenters. The maximum atomic E-state index is 12.0. The summed E-state index contributed by atoms with van der Waals surface area (Å²) < 4.78 is 0. The third-order valence-corrected chi connectivity index (χ3v) is 3.22. The average molecular weight is 282 g/mol. The normalized spacial score (nSPS) is 11.9. The maximum absolute atomic E-state index is 12.0. The topological polar surface area (TPSA) is 90.9 Å². The van der Waals surface area contributed by atoms with Gasteiger partial charge in [0.1, 0.15) is 5.82 Å². The van der Waals surface area contributed by atoms with Gasteiger partial charge in [-0.3, -0.25) is 15.2 Å². The molecule has 0 aliphatic heterocycles.